The number of carbonyl (C=O) groups excluding carboxylic acids is 3. The van der Waals surface area contributed by atoms with Gasteiger partial charge in [0.25, 0.3) is 11.8 Å². The summed E-state index contributed by atoms with van der Waals surface area (Å²) in [5.74, 6) is -2.13. The molecular formula is C19H19N3O6S. The van der Waals surface area contributed by atoms with E-state index < -0.39 is 34.4 Å². The van der Waals surface area contributed by atoms with E-state index in [9.17, 15) is 22.8 Å². The Hall–Kier alpha value is -3.24. The second kappa shape index (κ2) is 8.84. The number of ether oxygens (including phenoxy) is 1. The standard InChI is InChI=1S/C19H19N3O6S/c23-17(20-21-18(24)13-5-2-1-3-6-13)12-28-19(25)14-7-4-8-16(11-14)29(26,27)22-15-9-10-15/h1-8,11,15,22H,9-10,12H2,(H,20,23)(H,21,24). The van der Waals surface area contributed by atoms with Crippen LogP contribution in [0.3, 0.4) is 0 Å². The van der Waals surface area contributed by atoms with E-state index in [1.54, 1.807) is 30.3 Å². The van der Waals surface area contributed by atoms with Gasteiger partial charge in [-0.3, -0.25) is 20.4 Å². The predicted octanol–water partition coefficient (Wildman–Crippen LogP) is 0.745. The number of rotatable bonds is 7. The largest absolute Gasteiger partial charge is 0.452 e. The Morgan fingerprint density at radius 1 is 0.931 bits per heavy atom. The van der Waals surface area contributed by atoms with Crippen LogP contribution in [0.2, 0.25) is 0 Å². The Kier molecular flexibility index (Phi) is 6.25. The van der Waals surface area contributed by atoms with Gasteiger partial charge < -0.3 is 4.74 Å². The van der Waals surface area contributed by atoms with Gasteiger partial charge in [0.15, 0.2) is 6.61 Å². The quantitative estimate of drug-likeness (QED) is 0.450. The molecule has 0 unspecified atom stereocenters. The van der Waals surface area contributed by atoms with Gasteiger partial charge in [0, 0.05) is 11.6 Å². The molecule has 0 aromatic heterocycles. The highest BCUT2D eigenvalue weighted by Gasteiger charge is 2.28. The summed E-state index contributed by atoms with van der Waals surface area (Å²) in [6, 6.07) is 13.5. The number of hydrogen-bond acceptors (Lipinski definition) is 6. The second-order valence-electron chi connectivity index (χ2n) is 6.37. The molecule has 0 saturated heterocycles. The molecule has 2 aromatic rings. The van der Waals surface area contributed by atoms with Crippen molar-refractivity contribution in [1.82, 2.24) is 15.6 Å². The first-order valence-corrected chi connectivity index (χ1v) is 10.3. The lowest BCUT2D eigenvalue weighted by Crippen LogP contribution is -2.43. The molecule has 0 spiro atoms. The molecule has 1 aliphatic carbocycles. The van der Waals surface area contributed by atoms with Crippen LogP contribution in [-0.4, -0.2) is 38.9 Å². The molecule has 0 heterocycles. The number of amides is 2. The van der Waals surface area contributed by atoms with Gasteiger partial charge in [0.1, 0.15) is 0 Å². The molecule has 1 aliphatic rings. The molecule has 1 saturated carbocycles. The van der Waals surface area contributed by atoms with E-state index in [0.29, 0.717) is 5.56 Å². The van der Waals surface area contributed by atoms with Crippen LogP contribution in [0.1, 0.15) is 33.6 Å². The zero-order chi connectivity index (χ0) is 20.9. The molecule has 29 heavy (non-hydrogen) atoms. The van der Waals surface area contributed by atoms with E-state index in [1.807, 2.05) is 0 Å². The van der Waals surface area contributed by atoms with Crippen molar-refractivity contribution < 1.29 is 27.5 Å². The molecule has 0 radical (unpaired) electrons. The van der Waals surface area contributed by atoms with Crippen LogP contribution < -0.4 is 15.6 Å². The van der Waals surface area contributed by atoms with E-state index in [4.69, 9.17) is 4.74 Å². The fraction of sp³-hybridized carbons (Fsp3) is 0.211. The Balaban J connectivity index is 1.50. The van der Waals surface area contributed by atoms with E-state index in [1.165, 1.54) is 24.3 Å². The van der Waals surface area contributed by atoms with Crippen molar-refractivity contribution in [2.24, 2.45) is 0 Å². The number of nitrogens with one attached hydrogen (secondary N) is 3. The molecule has 2 amide bonds. The van der Waals surface area contributed by atoms with Crippen molar-refractivity contribution in [3.63, 3.8) is 0 Å². The Morgan fingerprint density at radius 2 is 1.62 bits per heavy atom. The first-order chi connectivity index (χ1) is 13.8. The van der Waals surface area contributed by atoms with Gasteiger partial charge in [-0.25, -0.2) is 17.9 Å². The first-order valence-electron chi connectivity index (χ1n) is 8.79. The lowest BCUT2D eigenvalue weighted by molar-refractivity contribution is -0.125. The zero-order valence-corrected chi connectivity index (χ0v) is 16.1. The van der Waals surface area contributed by atoms with Gasteiger partial charge in [0.05, 0.1) is 10.5 Å². The maximum Gasteiger partial charge on any atom is 0.338 e. The van der Waals surface area contributed by atoms with Crippen LogP contribution in [0.4, 0.5) is 0 Å². The van der Waals surface area contributed by atoms with Crippen LogP contribution in [-0.2, 0) is 19.6 Å². The molecule has 0 aliphatic heterocycles. The number of benzene rings is 2. The average molecular weight is 417 g/mol. The summed E-state index contributed by atoms with van der Waals surface area (Å²) < 4.78 is 31.8. The maximum absolute atomic E-state index is 12.2. The van der Waals surface area contributed by atoms with Gasteiger partial charge in [-0.05, 0) is 43.2 Å². The van der Waals surface area contributed by atoms with E-state index in [-0.39, 0.29) is 16.5 Å². The number of hydrogen-bond donors (Lipinski definition) is 3. The van der Waals surface area contributed by atoms with Crippen LogP contribution in [0.5, 0.6) is 0 Å². The van der Waals surface area contributed by atoms with Gasteiger partial charge in [-0.15, -0.1) is 0 Å². The molecule has 0 atom stereocenters. The number of sulfonamides is 1. The van der Waals surface area contributed by atoms with Gasteiger partial charge in [-0.2, -0.15) is 0 Å². The Labute approximate surface area is 167 Å². The highest BCUT2D eigenvalue weighted by molar-refractivity contribution is 7.89. The van der Waals surface area contributed by atoms with Gasteiger partial charge in [0.2, 0.25) is 10.0 Å². The topological polar surface area (TPSA) is 131 Å². The number of carbonyl (C=O) groups is 3. The van der Waals surface area contributed by atoms with Crippen LogP contribution >= 0.6 is 0 Å². The zero-order valence-electron chi connectivity index (χ0n) is 15.3. The van der Waals surface area contributed by atoms with Crippen LogP contribution in [0.15, 0.2) is 59.5 Å². The minimum Gasteiger partial charge on any atom is -0.452 e. The SMILES string of the molecule is O=C(COC(=O)c1cccc(S(=O)(=O)NC2CC2)c1)NNC(=O)c1ccccc1. The highest BCUT2D eigenvalue weighted by Crippen LogP contribution is 2.22. The summed E-state index contributed by atoms with van der Waals surface area (Å²) in [5.41, 5.74) is 4.67. The average Bonchev–Trinajstić information content (AvgIpc) is 3.54. The van der Waals surface area contributed by atoms with Crippen molar-refractivity contribution in [3.05, 3.63) is 65.7 Å². The monoisotopic (exact) mass is 417 g/mol. The van der Waals surface area contributed by atoms with Crippen molar-refractivity contribution >= 4 is 27.8 Å². The molecule has 0 bridgehead atoms. The van der Waals surface area contributed by atoms with E-state index >= 15 is 0 Å². The molecule has 2 aromatic carbocycles. The Morgan fingerprint density at radius 3 is 2.31 bits per heavy atom. The van der Waals surface area contributed by atoms with E-state index in [2.05, 4.69) is 15.6 Å². The summed E-state index contributed by atoms with van der Waals surface area (Å²) in [4.78, 5) is 35.6. The fourth-order valence-corrected chi connectivity index (χ4v) is 3.67. The van der Waals surface area contributed by atoms with Gasteiger partial charge in [-0.1, -0.05) is 24.3 Å². The molecule has 3 rings (SSSR count). The number of hydrazine groups is 1. The molecular weight excluding hydrogens is 398 g/mol. The summed E-state index contributed by atoms with van der Waals surface area (Å²) in [7, 11) is -3.71. The third-order valence-corrected chi connectivity index (χ3v) is 5.48. The third-order valence-electron chi connectivity index (χ3n) is 3.96. The molecule has 10 heteroatoms. The number of esters is 1. The molecule has 3 N–H and O–H groups in total. The first kappa shape index (κ1) is 20.5. The van der Waals surface area contributed by atoms with Gasteiger partial charge >= 0.3 is 5.97 Å². The van der Waals surface area contributed by atoms with Crippen LogP contribution in [0, 0.1) is 0 Å². The summed E-state index contributed by atoms with van der Waals surface area (Å²) in [6.45, 7) is -0.648. The summed E-state index contributed by atoms with van der Waals surface area (Å²) >= 11 is 0. The minimum absolute atomic E-state index is 0.00945. The van der Waals surface area contributed by atoms with E-state index in [0.717, 1.165) is 12.8 Å². The predicted molar refractivity (Wildman–Crippen MR) is 102 cm³/mol. The smallest absolute Gasteiger partial charge is 0.338 e. The summed E-state index contributed by atoms with van der Waals surface area (Å²) in [5, 5.41) is 0. The normalized spacial score (nSPS) is 13.4. The van der Waals surface area contributed by atoms with Crippen LogP contribution in [0.25, 0.3) is 0 Å². The fourth-order valence-electron chi connectivity index (χ4n) is 2.32. The lowest BCUT2D eigenvalue weighted by atomic mass is 10.2. The minimum atomic E-state index is -3.71. The molecule has 9 nitrogen and oxygen atoms in total. The maximum atomic E-state index is 12.2. The molecule has 152 valence electrons. The summed E-state index contributed by atoms with van der Waals surface area (Å²) in [6.07, 6.45) is 1.58. The Bertz CT molecular complexity index is 1020. The third kappa shape index (κ3) is 5.87. The van der Waals surface area contributed by atoms with Crippen molar-refractivity contribution in [3.8, 4) is 0 Å². The highest BCUT2D eigenvalue weighted by atomic mass is 32.2. The van der Waals surface area contributed by atoms with Crippen molar-refractivity contribution in [2.75, 3.05) is 6.61 Å². The second-order valence-corrected chi connectivity index (χ2v) is 8.08. The lowest BCUT2D eigenvalue weighted by Gasteiger charge is -2.09. The van der Waals surface area contributed by atoms with Crippen molar-refractivity contribution in [1.29, 1.82) is 0 Å². The molecule has 1 fully saturated rings. The van der Waals surface area contributed by atoms with Crippen molar-refractivity contribution in [2.45, 2.75) is 23.8 Å².